The molecule has 0 fully saturated rings. The summed E-state index contributed by atoms with van der Waals surface area (Å²) in [5.41, 5.74) is 0.719. The number of hydrogen-bond donors (Lipinski definition) is 1. The molecule has 1 aromatic carbocycles. The summed E-state index contributed by atoms with van der Waals surface area (Å²) in [6.07, 6.45) is 3.22. The molecule has 0 radical (unpaired) electrons. The van der Waals surface area contributed by atoms with Crippen LogP contribution in [0.25, 0.3) is 10.3 Å². The number of fused-ring (bicyclic) bond motifs is 1. The Balaban J connectivity index is 1.82. The lowest BCUT2D eigenvalue weighted by Crippen LogP contribution is -2.27. The molecule has 0 unspecified atom stereocenters. The van der Waals surface area contributed by atoms with Crippen molar-refractivity contribution in [3.63, 3.8) is 0 Å². The van der Waals surface area contributed by atoms with Gasteiger partial charge in [-0.2, -0.15) is 0 Å². The molecular weight excluding hydrogens is 356 g/mol. The summed E-state index contributed by atoms with van der Waals surface area (Å²) in [5, 5.41) is 3.22. The molecule has 3 aromatic rings. The number of hydrogen-bond acceptors (Lipinski definition) is 6. The SMILES string of the molecule is CSc1nc2ncn(CC(=O)Nc3cccc(Cl)c3)c(=O)c2s1. The second-order valence-electron chi connectivity index (χ2n) is 4.57. The normalized spacial score (nSPS) is 10.9. The molecule has 3 rings (SSSR count). The maximum Gasteiger partial charge on any atom is 0.273 e. The monoisotopic (exact) mass is 366 g/mol. The van der Waals surface area contributed by atoms with Crippen molar-refractivity contribution in [1.82, 2.24) is 14.5 Å². The summed E-state index contributed by atoms with van der Waals surface area (Å²) < 4.78 is 2.49. The van der Waals surface area contributed by atoms with Gasteiger partial charge in [-0.15, -0.1) is 11.3 Å². The van der Waals surface area contributed by atoms with Gasteiger partial charge in [0.15, 0.2) is 9.99 Å². The Morgan fingerprint density at radius 2 is 2.30 bits per heavy atom. The number of anilines is 1. The first-order chi connectivity index (χ1) is 11.1. The highest BCUT2D eigenvalue weighted by atomic mass is 35.5. The number of aromatic nitrogens is 3. The van der Waals surface area contributed by atoms with Gasteiger partial charge < -0.3 is 5.32 Å². The quantitative estimate of drug-likeness (QED) is 0.718. The Morgan fingerprint density at radius 3 is 3.04 bits per heavy atom. The van der Waals surface area contributed by atoms with Gasteiger partial charge in [-0.1, -0.05) is 29.4 Å². The van der Waals surface area contributed by atoms with Crippen molar-refractivity contribution in [3.8, 4) is 0 Å². The molecule has 0 atom stereocenters. The van der Waals surface area contributed by atoms with Crippen LogP contribution in [-0.2, 0) is 11.3 Å². The van der Waals surface area contributed by atoms with Gasteiger partial charge in [0.1, 0.15) is 17.6 Å². The highest BCUT2D eigenvalue weighted by Gasteiger charge is 2.12. The molecule has 0 aliphatic heterocycles. The number of carbonyl (C=O) groups is 1. The van der Waals surface area contributed by atoms with E-state index in [2.05, 4.69) is 15.3 Å². The van der Waals surface area contributed by atoms with Gasteiger partial charge in [-0.3, -0.25) is 14.2 Å². The minimum atomic E-state index is -0.329. The standard InChI is InChI=1S/C14H11ClN4O2S2/c1-22-14-18-12-11(23-14)13(21)19(7-16-12)6-10(20)17-9-4-2-3-8(15)5-9/h2-5,7H,6H2,1H3,(H,17,20). The predicted octanol–water partition coefficient (Wildman–Crippen LogP) is 2.87. The third-order valence-electron chi connectivity index (χ3n) is 2.96. The molecule has 23 heavy (non-hydrogen) atoms. The third-order valence-corrected chi connectivity index (χ3v) is 5.21. The van der Waals surface area contributed by atoms with Gasteiger partial charge in [0.25, 0.3) is 5.56 Å². The van der Waals surface area contributed by atoms with Crippen molar-refractivity contribution in [2.45, 2.75) is 10.9 Å². The first-order valence-corrected chi connectivity index (χ1v) is 8.94. The van der Waals surface area contributed by atoms with E-state index in [4.69, 9.17) is 11.6 Å². The van der Waals surface area contributed by atoms with Crippen LogP contribution in [0.5, 0.6) is 0 Å². The number of halogens is 1. The number of rotatable bonds is 4. The highest BCUT2D eigenvalue weighted by Crippen LogP contribution is 2.24. The zero-order valence-corrected chi connectivity index (χ0v) is 14.3. The molecule has 0 saturated heterocycles. The molecule has 118 valence electrons. The molecule has 0 aliphatic rings. The largest absolute Gasteiger partial charge is 0.324 e. The van der Waals surface area contributed by atoms with Crippen LogP contribution < -0.4 is 10.9 Å². The second kappa shape index (κ2) is 6.69. The van der Waals surface area contributed by atoms with E-state index >= 15 is 0 Å². The molecule has 2 aromatic heterocycles. The molecule has 6 nitrogen and oxygen atoms in total. The maximum absolute atomic E-state index is 12.4. The predicted molar refractivity (Wildman–Crippen MR) is 93.5 cm³/mol. The van der Waals surface area contributed by atoms with Gasteiger partial charge >= 0.3 is 0 Å². The lowest BCUT2D eigenvalue weighted by atomic mass is 10.3. The lowest BCUT2D eigenvalue weighted by Gasteiger charge is -2.07. The van der Waals surface area contributed by atoms with Gasteiger partial charge in [-0.25, -0.2) is 9.97 Å². The molecule has 1 N–H and O–H groups in total. The van der Waals surface area contributed by atoms with Gasteiger partial charge in [0.2, 0.25) is 5.91 Å². The number of thiazole rings is 1. The Morgan fingerprint density at radius 1 is 1.48 bits per heavy atom. The van der Waals surface area contributed by atoms with Crippen molar-refractivity contribution < 1.29 is 4.79 Å². The molecule has 0 aliphatic carbocycles. The third kappa shape index (κ3) is 3.54. The van der Waals surface area contributed by atoms with E-state index in [-0.39, 0.29) is 18.0 Å². The van der Waals surface area contributed by atoms with E-state index in [1.165, 1.54) is 34.0 Å². The average Bonchev–Trinajstić information content (AvgIpc) is 2.94. The number of nitrogens with one attached hydrogen (secondary N) is 1. The summed E-state index contributed by atoms with van der Waals surface area (Å²) in [7, 11) is 0. The molecule has 9 heteroatoms. The summed E-state index contributed by atoms with van der Waals surface area (Å²) in [5.74, 6) is -0.329. The summed E-state index contributed by atoms with van der Waals surface area (Å²) >= 11 is 8.60. The van der Waals surface area contributed by atoms with Crippen LogP contribution in [0.2, 0.25) is 5.02 Å². The van der Waals surface area contributed by atoms with Crippen LogP contribution >= 0.6 is 34.7 Å². The Kier molecular flexibility index (Phi) is 4.65. The molecule has 0 saturated carbocycles. The summed E-state index contributed by atoms with van der Waals surface area (Å²) in [4.78, 5) is 32.8. The molecule has 2 heterocycles. The minimum Gasteiger partial charge on any atom is -0.324 e. The van der Waals surface area contributed by atoms with E-state index in [0.29, 0.717) is 21.1 Å². The van der Waals surface area contributed by atoms with Crippen molar-refractivity contribution in [2.24, 2.45) is 0 Å². The number of amides is 1. The van der Waals surface area contributed by atoms with Crippen LogP contribution in [0, 0.1) is 0 Å². The fourth-order valence-electron chi connectivity index (χ4n) is 1.95. The Hall–Kier alpha value is -1.90. The maximum atomic E-state index is 12.4. The highest BCUT2D eigenvalue weighted by molar-refractivity contribution is 8.00. The van der Waals surface area contributed by atoms with E-state index in [0.717, 1.165) is 4.34 Å². The zero-order chi connectivity index (χ0) is 16.4. The Labute approximate surface area is 144 Å². The molecule has 0 spiro atoms. The topological polar surface area (TPSA) is 76.9 Å². The van der Waals surface area contributed by atoms with Crippen molar-refractivity contribution in [2.75, 3.05) is 11.6 Å². The smallest absolute Gasteiger partial charge is 0.273 e. The fraction of sp³-hybridized carbons (Fsp3) is 0.143. The summed E-state index contributed by atoms with van der Waals surface area (Å²) in [6, 6.07) is 6.81. The van der Waals surface area contributed by atoms with E-state index in [1.807, 2.05) is 6.26 Å². The lowest BCUT2D eigenvalue weighted by molar-refractivity contribution is -0.116. The van der Waals surface area contributed by atoms with Crippen LogP contribution in [0.15, 0.2) is 39.7 Å². The first kappa shape index (κ1) is 16.0. The molecule has 1 amide bonds. The minimum absolute atomic E-state index is 0.124. The zero-order valence-electron chi connectivity index (χ0n) is 11.9. The average molecular weight is 367 g/mol. The van der Waals surface area contributed by atoms with Gasteiger partial charge in [0.05, 0.1) is 0 Å². The number of nitrogens with zero attached hydrogens (tertiary/aromatic N) is 3. The number of benzene rings is 1. The van der Waals surface area contributed by atoms with E-state index in [1.54, 1.807) is 24.3 Å². The Bertz CT molecular complexity index is 938. The van der Waals surface area contributed by atoms with Gasteiger partial charge in [0, 0.05) is 10.7 Å². The second-order valence-corrected chi connectivity index (χ2v) is 7.06. The molecular formula is C14H11ClN4O2S2. The molecule has 0 bridgehead atoms. The van der Waals surface area contributed by atoms with Crippen LogP contribution in [0.4, 0.5) is 5.69 Å². The van der Waals surface area contributed by atoms with Crippen molar-refractivity contribution in [3.05, 3.63) is 46.0 Å². The summed E-state index contributed by atoms with van der Waals surface area (Å²) in [6.45, 7) is -0.124. The van der Waals surface area contributed by atoms with Crippen molar-refractivity contribution in [1.29, 1.82) is 0 Å². The fourth-order valence-corrected chi connectivity index (χ4v) is 3.60. The van der Waals surface area contributed by atoms with Crippen molar-refractivity contribution >= 4 is 56.6 Å². The number of carbonyl (C=O) groups excluding carboxylic acids is 1. The van der Waals surface area contributed by atoms with E-state index < -0.39 is 0 Å². The van der Waals surface area contributed by atoms with Crippen LogP contribution in [-0.4, -0.2) is 26.7 Å². The first-order valence-electron chi connectivity index (χ1n) is 6.52. The number of thioether (sulfide) groups is 1. The van der Waals surface area contributed by atoms with Crippen LogP contribution in [0.3, 0.4) is 0 Å². The van der Waals surface area contributed by atoms with E-state index in [9.17, 15) is 9.59 Å². The van der Waals surface area contributed by atoms with Crippen LogP contribution in [0.1, 0.15) is 0 Å². The van der Waals surface area contributed by atoms with Gasteiger partial charge in [-0.05, 0) is 24.5 Å².